The Kier molecular flexibility index (Phi) is 10.7. The van der Waals surface area contributed by atoms with Gasteiger partial charge in [-0.15, -0.1) is 0 Å². The summed E-state index contributed by atoms with van der Waals surface area (Å²) in [6, 6.07) is 10.2. The third kappa shape index (κ3) is 8.41. The number of aryl methyl sites for hydroxylation is 3. The molecule has 0 aliphatic heterocycles. The highest BCUT2D eigenvalue weighted by atomic mass is 28.4. The first kappa shape index (κ1) is 30.0. The highest BCUT2D eigenvalue weighted by Crippen LogP contribution is 2.40. The van der Waals surface area contributed by atoms with Gasteiger partial charge in [-0.05, 0) is 118 Å². The molecule has 1 atom stereocenters. The molecule has 0 amide bonds. The average Bonchev–Trinajstić information content (AvgIpc) is 2.80. The van der Waals surface area contributed by atoms with Crippen LogP contribution in [0.5, 0.6) is 17.2 Å². The molecule has 1 unspecified atom stereocenters. The number of aliphatic hydroxyl groups is 1. The fourth-order valence-electron chi connectivity index (χ4n) is 4.08. The van der Waals surface area contributed by atoms with E-state index in [9.17, 15) is 5.11 Å². The van der Waals surface area contributed by atoms with E-state index in [1.807, 2.05) is 6.07 Å². The minimum absolute atomic E-state index is 0.149. The van der Waals surface area contributed by atoms with Gasteiger partial charge >= 0.3 is 0 Å². The van der Waals surface area contributed by atoms with E-state index in [1.165, 1.54) is 11.1 Å². The minimum atomic E-state index is -1.91. The molecule has 2 aromatic rings. The van der Waals surface area contributed by atoms with E-state index in [1.54, 1.807) is 14.2 Å². The molecule has 0 bridgehead atoms. The van der Waals surface area contributed by atoms with Crippen molar-refractivity contribution in [3.05, 3.63) is 64.2 Å². The van der Waals surface area contributed by atoms with Crippen LogP contribution in [0, 0.1) is 13.8 Å². The Hall–Kier alpha value is -2.24. The van der Waals surface area contributed by atoms with E-state index in [4.69, 9.17) is 13.9 Å². The number of ether oxygens (including phenoxy) is 2. The molecule has 0 aromatic heterocycles. The third-order valence-electron chi connectivity index (χ3n) is 7.42. The van der Waals surface area contributed by atoms with E-state index in [-0.39, 0.29) is 5.04 Å². The fourth-order valence-corrected chi connectivity index (χ4v) is 5.22. The van der Waals surface area contributed by atoms with Crippen molar-refractivity contribution in [2.75, 3.05) is 14.2 Å². The van der Waals surface area contributed by atoms with Crippen LogP contribution in [-0.2, 0) is 6.42 Å². The molecule has 4 nitrogen and oxygen atoms in total. The third-order valence-corrected chi connectivity index (χ3v) is 11.7. The monoisotopic (exact) mass is 512 g/mol. The quantitative estimate of drug-likeness (QED) is 0.229. The van der Waals surface area contributed by atoms with Gasteiger partial charge in [-0.1, -0.05) is 32.4 Å². The van der Waals surface area contributed by atoms with Crippen molar-refractivity contribution in [1.82, 2.24) is 0 Å². The molecule has 0 radical (unpaired) electrons. The maximum absolute atomic E-state index is 10.9. The van der Waals surface area contributed by atoms with Crippen molar-refractivity contribution in [3.63, 3.8) is 0 Å². The zero-order valence-corrected chi connectivity index (χ0v) is 25.2. The van der Waals surface area contributed by atoms with Crippen LogP contribution < -0.4 is 13.9 Å². The van der Waals surface area contributed by atoms with Gasteiger partial charge in [-0.2, -0.15) is 0 Å². The van der Waals surface area contributed by atoms with E-state index >= 15 is 0 Å². The van der Waals surface area contributed by atoms with Crippen LogP contribution in [0.3, 0.4) is 0 Å². The van der Waals surface area contributed by atoms with Crippen LogP contribution in [0.25, 0.3) is 0 Å². The number of benzene rings is 2. The summed E-state index contributed by atoms with van der Waals surface area (Å²) in [4.78, 5) is 0. The van der Waals surface area contributed by atoms with Gasteiger partial charge in [-0.3, -0.25) is 0 Å². The summed E-state index contributed by atoms with van der Waals surface area (Å²) in [5, 5.41) is 11.0. The normalized spacial score (nSPS) is 13.5. The summed E-state index contributed by atoms with van der Waals surface area (Å²) in [5.41, 5.74) is 5.78. The first-order valence-corrected chi connectivity index (χ1v) is 16.0. The van der Waals surface area contributed by atoms with Gasteiger partial charge < -0.3 is 19.0 Å². The van der Waals surface area contributed by atoms with Crippen molar-refractivity contribution >= 4 is 8.32 Å². The number of hydrogen-bond acceptors (Lipinski definition) is 4. The lowest BCUT2D eigenvalue weighted by molar-refractivity contribution is 0.164. The molecule has 0 fully saturated rings. The zero-order valence-electron chi connectivity index (χ0n) is 24.2. The van der Waals surface area contributed by atoms with Crippen molar-refractivity contribution < 1.29 is 19.0 Å². The molecule has 0 aliphatic rings. The van der Waals surface area contributed by atoms with Gasteiger partial charge in [0.05, 0.1) is 20.3 Å². The molecule has 0 spiro atoms. The molecule has 5 heteroatoms. The highest BCUT2D eigenvalue weighted by Gasteiger charge is 2.39. The molecule has 2 rings (SSSR count). The lowest BCUT2D eigenvalue weighted by Crippen LogP contribution is -2.44. The summed E-state index contributed by atoms with van der Waals surface area (Å²) in [6.07, 6.45) is 6.45. The van der Waals surface area contributed by atoms with Gasteiger partial charge in [0.1, 0.15) is 17.2 Å². The molecule has 36 heavy (non-hydrogen) atoms. The summed E-state index contributed by atoms with van der Waals surface area (Å²) in [6.45, 7) is 17.7. The Balaban J connectivity index is 1.91. The van der Waals surface area contributed by atoms with Crippen molar-refractivity contribution in [1.29, 1.82) is 0 Å². The van der Waals surface area contributed by atoms with Gasteiger partial charge in [0.15, 0.2) is 0 Å². The molecule has 0 saturated carbocycles. The Labute approximate surface area is 220 Å². The second-order valence-corrected chi connectivity index (χ2v) is 16.3. The number of aliphatic hydroxyl groups excluding tert-OH is 1. The number of methoxy groups -OCH3 is 2. The molecular weight excluding hydrogens is 464 g/mol. The molecule has 0 saturated heterocycles. The molecule has 0 heterocycles. The first-order valence-electron chi connectivity index (χ1n) is 13.1. The second-order valence-electron chi connectivity index (χ2n) is 11.6. The maximum Gasteiger partial charge on any atom is 0.250 e. The van der Waals surface area contributed by atoms with Gasteiger partial charge in [0.25, 0.3) is 8.32 Å². The summed E-state index contributed by atoms with van der Waals surface area (Å²) in [7, 11) is 1.44. The molecule has 1 N–H and O–H groups in total. The molecule has 2 aromatic carbocycles. The SMILES string of the molecule is COc1cc(CC/C=C(\C)CCCC(O)c2cc(C)c(O[Si](C)(C)C(C)(C)C)c(C)c2)cc(OC)c1. The average molecular weight is 513 g/mol. The van der Waals surface area contributed by atoms with Crippen LogP contribution in [0.2, 0.25) is 18.1 Å². The predicted molar refractivity (Wildman–Crippen MR) is 154 cm³/mol. The summed E-state index contributed by atoms with van der Waals surface area (Å²) >= 11 is 0. The predicted octanol–water partition coefficient (Wildman–Crippen LogP) is 8.49. The van der Waals surface area contributed by atoms with Crippen LogP contribution in [0.15, 0.2) is 42.0 Å². The number of allylic oxidation sites excluding steroid dienone is 2. The van der Waals surface area contributed by atoms with E-state index in [0.717, 1.165) is 66.0 Å². The minimum Gasteiger partial charge on any atom is -0.543 e. The van der Waals surface area contributed by atoms with Gasteiger partial charge in [0.2, 0.25) is 0 Å². The Morgan fingerprint density at radius 1 is 0.972 bits per heavy atom. The van der Waals surface area contributed by atoms with Crippen LogP contribution in [0.1, 0.15) is 81.7 Å². The topological polar surface area (TPSA) is 47.9 Å². The number of hydrogen-bond donors (Lipinski definition) is 1. The van der Waals surface area contributed by atoms with E-state index in [2.05, 4.69) is 85.0 Å². The smallest absolute Gasteiger partial charge is 0.250 e. The maximum atomic E-state index is 10.9. The lowest BCUT2D eigenvalue weighted by Gasteiger charge is -2.37. The van der Waals surface area contributed by atoms with E-state index < -0.39 is 14.4 Å². The Bertz CT molecular complexity index is 988. The molecule has 200 valence electrons. The standard InChI is InChI=1S/C31H48O4Si/c1-22(13-11-15-25-19-27(33-7)21-28(20-25)34-8)14-12-16-29(32)26-17-23(2)30(24(3)18-26)35-36(9,10)31(4,5)6/h13,17-21,29,32H,11-12,14-16H2,1-10H3/b22-13+. The summed E-state index contributed by atoms with van der Waals surface area (Å²) < 4.78 is 17.3. The fraction of sp³-hybridized carbons (Fsp3) is 0.548. The van der Waals surface area contributed by atoms with Crippen molar-refractivity contribution in [2.45, 2.75) is 97.9 Å². The molecular formula is C31H48O4Si. The van der Waals surface area contributed by atoms with E-state index in [0.29, 0.717) is 0 Å². The van der Waals surface area contributed by atoms with Gasteiger partial charge in [-0.25, -0.2) is 0 Å². The highest BCUT2D eigenvalue weighted by molar-refractivity contribution is 6.74. The number of rotatable bonds is 12. The van der Waals surface area contributed by atoms with Crippen molar-refractivity contribution in [3.8, 4) is 17.2 Å². The van der Waals surface area contributed by atoms with Crippen LogP contribution >= 0.6 is 0 Å². The largest absolute Gasteiger partial charge is 0.543 e. The lowest BCUT2D eigenvalue weighted by atomic mass is 9.97. The zero-order chi connectivity index (χ0) is 27.1. The second kappa shape index (κ2) is 12.8. The molecule has 0 aliphatic carbocycles. The first-order chi connectivity index (χ1) is 16.8. The van der Waals surface area contributed by atoms with Gasteiger partial charge in [0, 0.05) is 6.07 Å². The Morgan fingerprint density at radius 3 is 2.03 bits per heavy atom. The summed E-state index contributed by atoms with van der Waals surface area (Å²) in [5.74, 6) is 2.64. The van der Waals surface area contributed by atoms with Crippen LogP contribution in [-0.4, -0.2) is 27.6 Å². The van der Waals surface area contributed by atoms with Crippen molar-refractivity contribution in [2.24, 2.45) is 0 Å². The Morgan fingerprint density at radius 2 is 1.53 bits per heavy atom. The van der Waals surface area contributed by atoms with Crippen LogP contribution in [0.4, 0.5) is 0 Å².